The summed E-state index contributed by atoms with van der Waals surface area (Å²) in [6.07, 6.45) is -0.998. The van der Waals surface area contributed by atoms with Crippen molar-refractivity contribution in [2.24, 2.45) is 0 Å². The second-order valence-electron chi connectivity index (χ2n) is 4.92. The van der Waals surface area contributed by atoms with E-state index in [1.165, 1.54) is 0 Å². The van der Waals surface area contributed by atoms with Gasteiger partial charge < -0.3 is 9.84 Å². The molecule has 6 heteroatoms. The van der Waals surface area contributed by atoms with Crippen LogP contribution >= 0.6 is 0 Å². The highest BCUT2D eigenvalue weighted by Gasteiger charge is 2.30. The van der Waals surface area contributed by atoms with Crippen LogP contribution in [0.1, 0.15) is 25.0 Å². The van der Waals surface area contributed by atoms with Crippen LogP contribution in [0, 0.1) is 17.5 Å². The number of rotatable bonds is 4. The molecule has 0 radical (unpaired) electrons. The van der Waals surface area contributed by atoms with E-state index in [4.69, 9.17) is 4.74 Å². The molecule has 0 spiro atoms. The zero-order valence-corrected chi connectivity index (χ0v) is 11.3. The number of benzene rings is 1. The number of ether oxygens (including phenoxy) is 1. The Bertz CT molecular complexity index is 468. The van der Waals surface area contributed by atoms with Crippen LogP contribution in [0.2, 0.25) is 0 Å². The Labute approximate surface area is 116 Å². The van der Waals surface area contributed by atoms with Crippen LogP contribution in [0.15, 0.2) is 12.1 Å². The lowest BCUT2D eigenvalue weighted by molar-refractivity contribution is -0.0908. The van der Waals surface area contributed by atoms with Crippen LogP contribution in [0.4, 0.5) is 13.2 Å². The number of hydrogen-bond acceptors (Lipinski definition) is 3. The molecule has 20 heavy (non-hydrogen) atoms. The van der Waals surface area contributed by atoms with E-state index in [2.05, 4.69) is 4.90 Å². The van der Waals surface area contributed by atoms with Gasteiger partial charge in [0.2, 0.25) is 0 Å². The monoisotopic (exact) mass is 289 g/mol. The quantitative estimate of drug-likeness (QED) is 0.863. The van der Waals surface area contributed by atoms with Crippen LogP contribution in [0.25, 0.3) is 0 Å². The van der Waals surface area contributed by atoms with Crippen LogP contribution < -0.4 is 0 Å². The van der Waals surface area contributed by atoms with Crippen LogP contribution in [-0.2, 0) is 4.74 Å². The summed E-state index contributed by atoms with van der Waals surface area (Å²) in [5, 5.41) is 10.1. The zero-order chi connectivity index (χ0) is 14.7. The normalized spacial score (nSPS) is 21.9. The number of halogens is 3. The Hall–Kier alpha value is -1.11. The molecular formula is C14H18F3NO2. The molecule has 0 aromatic heterocycles. The van der Waals surface area contributed by atoms with Gasteiger partial charge in [-0.2, -0.15) is 0 Å². The van der Waals surface area contributed by atoms with Gasteiger partial charge in [-0.3, -0.25) is 4.90 Å². The van der Waals surface area contributed by atoms with Gasteiger partial charge in [-0.05, 0) is 19.0 Å². The lowest BCUT2D eigenvalue weighted by Gasteiger charge is -2.35. The van der Waals surface area contributed by atoms with E-state index < -0.39 is 29.7 Å². The molecule has 1 aliphatic heterocycles. The fraction of sp³-hybridized carbons (Fsp3) is 0.571. The highest BCUT2D eigenvalue weighted by Crippen LogP contribution is 2.26. The topological polar surface area (TPSA) is 32.7 Å². The Morgan fingerprint density at radius 2 is 2.10 bits per heavy atom. The van der Waals surface area contributed by atoms with Gasteiger partial charge in [0.1, 0.15) is 12.2 Å². The van der Waals surface area contributed by atoms with Crippen LogP contribution in [-0.4, -0.2) is 42.4 Å². The zero-order valence-electron chi connectivity index (χ0n) is 11.3. The van der Waals surface area contributed by atoms with Crippen molar-refractivity contribution in [3.05, 3.63) is 35.1 Å². The third kappa shape index (κ3) is 3.13. The molecule has 1 fully saturated rings. The molecule has 2 unspecified atom stereocenters. The average Bonchev–Trinajstić information content (AvgIpc) is 2.45. The summed E-state index contributed by atoms with van der Waals surface area (Å²) in [4.78, 5) is 2.09. The standard InChI is InChI=1S/C14H18F3NO2/c1-2-5-18-6-7-20-11(8-18)14(19)9-3-4-10(15)13(17)12(9)16/h3-4,11,14,19H,2,5-8H2,1H3. The summed E-state index contributed by atoms with van der Waals surface area (Å²) in [6, 6.07) is 1.87. The van der Waals surface area contributed by atoms with Crippen molar-refractivity contribution in [1.82, 2.24) is 4.90 Å². The first-order valence-electron chi connectivity index (χ1n) is 6.70. The third-order valence-electron chi connectivity index (χ3n) is 3.45. The van der Waals surface area contributed by atoms with Gasteiger partial charge in [-0.1, -0.05) is 13.0 Å². The number of morpholine rings is 1. The highest BCUT2D eigenvalue weighted by atomic mass is 19.2. The summed E-state index contributed by atoms with van der Waals surface area (Å²) in [5.74, 6) is -4.19. The predicted octanol–water partition coefficient (Wildman–Crippen LogP) is 2.25. The minimum atomic E-state index is -1.57. The minimum absolute atomic E-state index is 0.271. The maximum Gasteiger partial charge on any atom is 0.194 e. The lowest BCUT2D eigenvalue weighted by Crippen LogP contribution is -2.45. The smallest absolute Gasteiger partial charge is 0.194 e. The van der Waals surface area contributed by atoms with E-state index in [0.717, 1.165) is 31.6 Å². The van der Waals surface area contributed by atoms with E-state index in [0.29, 0.717) is 13.2 Å². The van der Waals surface area contributed by atoms with E-state index in [9.17, 15) is 18.3 Å². The largest absolute Gasteiger partial charge is 0.386 e. The third-order valence-corrected chi connectivity index (χ3v) is 3.45. The van der Waals surface area contributed by atoms with Crippen molar-refractivity contribution < 1.29 is 23.0 Å². The van der Waals surface area contributed by atoms with E-state index in [1.807, 2.05) is 6.92 Å². The van der Waals surface area contributed by atoms with Gasteiger partial charge >= 0.3 is 0 Å². The number of nitrogens with zero attached hydrogens (tertiary/aromatic N) is 1. The van der Waals surface area contributed by atoms with E-state index in [1.54, 1.807) is 0 Å². The van der Waals surface area contributed by atoms with Crippen molar-refractivity contribution >= 4 is 0 Å². The van der Waals surface area contributed by atoms with Gasteiger partial charge in [0, 0.05) is 18.7 Å². The van der Waals surface area contributed by atoms with E-state index >= 15 is 0 Å². The first-order valence-corrected chi connectivity index (χ1v) is 6.70. The Kier molecular flexibility index (Phi) is 5.01. The van der Waals surface area contributed by atoms with Crippen molar-refractivity contribution in [2.75, 3.05) is 26.2 Å². The lowest BCUT2D eigenvalue weighted by atomic mass is 10.0. The molecule has 0 saturated carbocycles. The number of hydrogen-bond donors (Lipinski definition) is 1. The Morgan fingerprint density at radius 1 is 1.35 bits per heavy atom. The molecule has 2 rings (SSSR count). The molecule has 1 aromatic carbocycles. The molecule has 2 atom stereocenters. The fourth-order valence-corrected chi connectivity index (χ4v) is 2.41. The summed E-state index contributed by atoms with van der Waals surface area (Å²) < 4.78 is 45.2. The molecule has 1 aromatic rings. The van der Waals surface area contributed by atoms with Gasteiger partial charge in [-0.25, -0.2) is 13.2 Å². The Balaban J connectivity index is 2.14. The maximum atomic E-state index is 13.7. The predicted molar refractivity (Wildman–Crippen MR) is 67.7 cm³/mol. The van der Waals surface area contributed by atoms with Crippen molar-refractivity contribution in [2.45, 2.75) is 25.6 Å². The van der Waals surface area contributed by atoms with Crippen LogP contribution in [0.3, 0.4) is 0 Å². The molecule has 112 valence electrons. The van der Waals surface area contributed by atoms with Crippen molar-refractivity contribution in [1.29, 1.82) is 0 Å². The summed E-state index contributed by atoms with van der Waals surface area (Å²) >= 11 is 0. The van der Waals surface area contributed by atoms with Crippen molar-refractivity contribution in [3.8, 4) is 0 Å². The van der Waals surface area contributed by atoms with Gasteiger partial charge in [0.05, 0.1) is 6.61 Å². The molecule has 1 saturated heterocycles. The second-order valence-corrected chi connectivity index (χ2v) is 4.92. The molecular weight excluding hydrogens is 271 g/mol. The van der Waals surface area contributed by atoms with Gasteiger partial charge in [0.15, 0.2) is 17.5 Å². The summed E-state index contributed by atoms with van der Waals surface area (Å²) in [7, 11) is 0. The van der Waals surface area contributed by atoms with Crippen molar-refractivity contribution in [3.63, 3.8) is 0 Å². The number of aliphatic hydroxyl groups is 1. The molecule has 1 heterocycles. The average molecular weight is 289 g/mol. The summed E-state index contributed by atoms with van der Waals surface area (Å²) in [5.41, 5.74) is -0.271. The molecule has 3 nitrogen and oxygen atoms in total. The SMILES string of the molecule is CCCN1CCOC(C(O)c2ccc(F)c(F)c2F)C1. The van der Waals surface area contributed by atoms with Crippen LogP contribution in [0.5, 0.6) is 0 Å². The molecule has 0 amide bonds. The summed E-state index contributed by atoms with van der Waals surface area (Å²) in [6.45, 7) is 4.50. The molecule has 0 aliphatic carbocycles. The number of aliphatic hydroxyl groups excluding tert-OH is 1. The van der Waals surface area contributed by atoms with Gasteiger partial charge in [0.25, 0.3) is 0 Å². The molecule has 1 N–H and O–H groups in total. The molecule has 1 aliphatic rings. The Morgan fingerprint density at radius 3 is 2.80 bits per heavy atom. The van der Waals surface area contributed by atoms with Gasteiger partial charge in [-0.15, -0.1) is 0 Å². The highest BCUT2D eigenvalue weighted by molar-refractivity contribution is 5.23. The first-order chi connectivity index (χ1) is 9.54. The maximum absolute atomic E-state index is 13.7. The minimum Gasteiger partial charge on any atom is -0.386 e. The molecule has 0 bridgehead atoms. The fourth-order valence-electron chi connectivity index (χ4n) is 2.41. The second kappa shape index (κ2) is 6.56. The van der Waals surface area contributed by atoms with E-state index in [-0.39, 0.29) is 5.56 Å². The first kappa shape index (κ1) is 15.3.